The predicted octanol–water partition coefficient (Wildman–Crippen LogP) is 1.55. The minimum absolute atomic E-state index is 0.233. The summed E-state index contributed by atoms with van der Waals surface area (Å²) in [4.78, 5) is 0. The van der Waals surface area contributed by atoms with Crippen LogP contribution in [0.5, 0.6) is 0 Å². The number of hydrogen-bond acceptors (Lipinski definition) is 4. The molecule has 98 valence electrons. The maximum absolute atomic E-state index is 10.2. The molecule has 2 N–H and O–H groups in total. The van der Waals surface area contributed by atoms with Gasteiger partial charge >= 0.3 is 0 Å². The van der Waals surface area contributed by atoms with Crippen LogP contribution >= 0.6 is 0 Å². The Hall–Kier alpha value is -0.420. The second-order valence-corrected chi connectivity index (χ2v) is 6.10. The Bertz CT molecular complexity index is 317. The van der Waals surface area contributed by atoms with E-state index in [0.717, 1.165) is 26.1 Å². The molecule has 17 heavy (non-hydrogen) atoms. The molecule has 2 aliphatic rings. The lowest BCUT2D eigenvalue weighted by Gasteiger charge is -2.37. The zero-order valence-corrected chi connectivity index (χ0v) is 11.3. The molecule has 0 saturated carbocycles. The maximum Gasteiger partial charge on any atom is 0.0737 e. The van der Waals surface area contributed by atoms with Gasteiger partial charge in [-0.2, -0.15) is 5.06 Å². The number of rotatable bonds is 2. The van der Waals surface area contributed by atoms with Crippen LogP contribution in [0.3, 0.4) is 0 Å². The lowest BCUT2D eigenvalue weighted by Crippen LogP contribution is -2.48. The van der Waals surface area contributed by atoms with E-state index < -0.39 is 0 Å². The molecule has 0 spiro atoms. The Morgan fingerprint density at radius 1 is 1.47 bits per heavy atom. The van der Waals surface area contributed by atoms with E-state index in [0.29, 0.717) is 0 Å². The Morgan fingerprint density at radius 3 is 2.65 bits per heavy atom. The number of hydroxylamine groups is 2. The van der Waals surface area contributed by atoms with Crippen LogP contribution in [-0.4, -0.2) is 47.1 Å². The van der Waals surface area contributed by atoms with E-state index in [9.17, 15) is 5.21 Å². The van der Waals surface area contributed by atoms with Gasteiger partial charge in [0.1, 0.15) is 0 Å². The Kier molecular flexibility index (Phi) is 3.34. The van der Waals surface area contributed by atoms with Gasteiger partial charge in [0.2, 0.25) is 0 Å². The van der Waals surface area contributed by atoms with Crippen molar-refractivity contribution in [2.45, 2.75) is 51.3 Å². The van der Waals surface area contributed by atoms with E-state index in [-0.39, 0.29) is 17.2 Å². The number of nitrogens with one attached hydrogen (secondary N) is 1. The molecule has 1 atom stereocenters. The van der Waals surface area contributed by atoms with Crippen molar-refractivity contribution in [3.8, 4) is 0 Å². The summed E-state index contributed by atoms with van der Waals surface area (Å²) in [6.07, 6.45) is 3.29. The Balaban J connectivity index is 2.09. The van der Waals surface area contributed by atoms with Crippen molar-refractivity contribution in [1.29, 1.82) is 0 Å². The van der Waals surface area contributed by atoms with Gasteiger partial charge in [-0.1, -0.05) is 6.08 Å². The summed E-state index contributed by atoms with van der Waals surface area (Å²) < 4.78 is 5.73. The first-order chi connectivity index (χ1) is 7.84. The molecule has 0 radical (unpaired) electrons. The van der Waals surface area contributed by atoms with Crippen molar-refractivity contribution >= 4 is 0 Å². The van der Waals surface area contributed by atoms with E-state index in [4.69, 9.17) is 4.74 Å². The largest absolute Gasteiger partial charge is 0.375 e. The van der Waals surface area contributed by atoms with E-state index >= 15 is 0 Å². The van der Waals surface area contributed by atoms with Gasteiger partial charge in [0, 0.05) is 13.1 Å². The van der Waals surface area contributed by atoms with Crippen LogP contribution in [0.15, 0.2) is 11.6 Å². The molecule has 0 amide bonds. The highest BCUT2D eigenvalue weighted by Crippen LogP contribution is 2.40. The SMILES string of the molecule is CC1(C)C=C(CC2CNCCO2)C(C)(C)N1O. The highest BCUT2D eigenvalue weighted by atomic mass is 16.5. The summed E-state index contributed by atoms with van der Waals surface area (Å²) in [6.45, 7) is 10.8. The molecule has 0 aromatic rings. The number of ether oxygens (including phenoxy) is 1. The summed E-state index contributed by atoms with van der Waals surface area (Å²) in [5.41, 5.74) is 0.671. The van der Waals surface area contributed by atoms with Gasteiger partial charge in [-0.05, 0) is 39.7 Å². The van der Waals surface area contributed by atoms with E-state index in [1.54, 1.807) is 0 Å². The first-order valence-electron chi connectivity index (χ1n) is 6.38. The zero-order chi connectivity index (χ0) is 12.7. The third-order valence-corrected chi connectivity index (χ3v) is 3.84. The number of nitrogens with zero attached hydrogens (tertiary/aromatic N) is 1. The lowest BCUT2D eigenvalue weighted by molar-refractivity contribution is -0.186. The summed E-state index contributed by atoms with van der Waals surface area (Å²) in [5, 5.41) is 15.0. The monoisotopic (exact) mass is 240 g/mol. The van der Waals surface area contributed by atoms with Crippen LogP contribution in [0.25, 0.3) is 0 Å². The lowest BCUT2D eigenvalue weighted by atomic mass is 9.91. The molecule has 1 unspecified atom stereocenters. The molecule has 4 heteroatoms. The average molecular weight is 240 g/mol. The quantitative estimate of drug-likeness (QED) is 0.719. The van der Waals surface area contributed by atoms with E-state index in [1.165, 1.54) is 10.6 Å². The van der Waals surface area contributed by atoms with Gasteiger partial charge in [-0.25, -0.2) is 0 Å². The third kappa shape index (κ3) is 2.40. The van der Waals surface area contributed by atoms with Crippen LogP contribution in [0.2, 0.25) is 0 Å². The molecule has 2 aliphatic heterocycles. The average Bonchev–Trinajstić information content (AvgIpc) is 2.41. The number of morpholine rings is 1. The van der Waals surface area contributed by atoms with Crippen molar-refractivity contribution in [2.24, 2.45) is 0 Å². The van der Waals surface area contributed by atoms with Crippen molar-refractivity contribution in [1.82, 2.24) is 10.4 Å². The fourth-order valence-electron chi connectivity index (χ4n) is 2.83. The molecular formula is C13H24N2O2. The number of hydrogen-bond donors (Lipinski definition) is 2. The Morgan fingerprint density at radius 2 is 2.18 bits per heavy atom. The smallest absolute Gasteiger partial charge is 0.0737 e. The third-order valence-electron chi connectivity index (χ3n) is 3.84. The second kappa shape index (κ2) is 4.35. The van der Waals surface area contributed by atoms with Crippen molar-refractivity contribution < 1.29 is 9.94 Å². The highest BCUT2D eigenvalue weighted by molar-refractivity contribution is 5.30. The fraction of sp³-hybridized carbons (Fsp3) is 0.846. The zero-order valence-electron chi connectivity index (χ0n) is 11.3. The predicted molar refractivity (Wildman–Crippen MR) is 67.1 cm³/mol. The summed E-state index contributed by atoms with van der Waals surface area (Å²) in [5.74, 6) is 0. The molecule has 0 aromatic carbocycles. The van der Waals surface area contributed by atoms with Crippen LogP contribution < -0.4 is 5.32 Å². The summed E-state index contributed by atoms with van der Waals surface area (Å²) >= 11 is 0. The molecule has 0 aliphatic carbocycles. The minimum Gasteiger partial charge on any atom is -0.375 e. The topological polar surface area (TPSA) is 44.7 Å². The van der Waals surface area contributed by atoms with Gasteiger partial charge in [0.15, 0.2) is 0 Å². The molecular weight excluding hydrogens is 216 g/mol. The highest BCUT2D eigenvalue weighted by Gasteiger charge is 2.45. The molecule has 4 nitrogen and oxygen atoms in total. The molecule has 2 heterocycles. The molecule has 1 saturated heterocycles. The normalized spacial score (nSPS) is 32.5. The molecule has 1 fully saturated rings. The van der Waals surface area contributed by atoms with Gasteiger partial charge < -0.3 is 15.3 Å². The first kappa shape index (κ1) is 13.0. The van der Waals surface area contributed by atoms with Crippen molar-refractivity contribution in [3.63, 3.8) is 0 Å². The van der Waals surface area contributed by atoms with E-state index in [2.05, 4.69) is 25.2 Å². The molecule has 0 bridgehead atoms. The molecule has 2 rings (SSSR count). The van der Waals surface area contributed by atoms with Crippen LogP contribution in [-0.2, 0) is 4.74 Å². The van der Waals surface area contributed by atoms with Crippen LogP contribution in [0, 0.1) is 0 Å². The standard InChI is InChI=1S/C13H24N2O2/c1-12(2)8-10(13(3,4)15(12)16)7-11-9-14-5-6-17-11/h8,11,14,16H,5-7,9H2,1-4H3. The van der Waals surface area contributed by atoms with Gasteiger partial charge in [0.25, 0.3) is 0 Å². The van der Waals surface area contributed by atoms with Crippen LogP contribution in [0.4, 0.5) is 0 Å². The van der Waals surface area contributed by atoms with Crippen LogP contribution in [0.1, 0.15) is 34.1 Å². The second-order valence-electron chi connectivity index (χ2n) is 6.10. The minimum atomic E-state index is -0.301. The maximum atomic E-state index is 10.2. The fourth-order valence-corrected chi connectivity index (χ4v) is 2.83. The van der Waals surface area contributed by atoms with Crippen molar-refractivity contribution in [3.05, 3.63) is 11.6 Å². The summed E-state index contributed by atoms with van der Waals surface area (Å²) in [7, 11) is 0. The van der Waals surface area contributed by atoms with Gasteiger partial charge in [0.05, 0.1) is 23.8 Å². The first-order valence-corrected chi connectivity index (χ1v) is 6.38. The van der Waals surface area contributed by atoms with E-state index in [1.807, 2.05) is 13.8 Å². The Labute approximate surface area is 104 Å². The van der Waals surface area contributed by atoms with Crippen molar-refractivity contribution in [2.75, 3.05) is 19.7 Å². The van der Waals surface area contributed by atoms with Gasteiger partial charge in [-0.15, -0.1) is 0 Å². The van der Waals surface area contributed by atoms with Gasteiger partial charge in [-0.3, -0.25) is 0 Å². The summed E-state index contributed by atoms with van der Waals surface area (Å²) in [6, 6.07) is 0. The molecule has 0 aromatic heterocycles.